The molecule has 0 bridgehead atoms. The van der Waals surface area contributed by atoms with E-state index in [2.05, 4.69) is 35.2 Å². The topological polar surface area (TPSA) is 87.3 Å². The summed E-state index contributed by atoms with van der Waals surface area (Å²) in [6.45, 7) is 5.94. The number of nitrogens with one attached hydrogen (secondary N) is 2. The van der Waals surface area contributed by atoms with Crippen LogP contribution in [0.4, 0.5) is 4.79 Å². The first kappa shape index (κ1) is 18.5. The van der Waals surface area contributed by atoms with Gasteiger partial charge in [0, 0.05) is 38.0 Å². The van der Waals surface area contributed by atoms with Crippen molar-refractivity contribution in [1.82, 2.24) is 20.2 Å². The number of nitrogens with zero attached hydrogens (tertiary/aromatic N) is 2. The molecule has 0 saturated carbocycles. The number of piperidine rings is 1. The number of likely N-dealkylation sites (tertiary alicyclic amines) is 1. The Bertz CT molecular complexity index is 937. The third-order valence-electron chi connectivity index (χ3n) is 5.40. The van der Waals surface area contributed by atoms with E-state index in [1.807, 2.05) is 17.0 Å². The van der Waals surface area contributed by atoms with Crippen LogP contribution in [0.15, 0.2) is 35.4 Å². The Hall–Kier alpha value is -2.83. The van der Waals surface area contributed by atoms with Crippen molar-refractivity contribution >= 4 is 6.03 Å². The maximum atomic E-state index is 12.7. The van der Waals surface area contributed by atoms with E-state index in [4.69, 9.17) is 4.74 Å². The zero-order valence-electron chi connectivity index (χ0n) is 16.3. The lowest BCUT2D eigenvalue weighted by Gasteiger charge is -2.32. The number of carbonyl (C=O) groups excluding carboxylic acids is 1. The molecule has 2 aliphatic heterocycles. The fourth-order valence-corrected chi connectivity index (χ4v) is 4.07. The van der Waals surface area contributed by atoms with Gasteiger partial charge >= 0.3 is 6.03 Å². The summed E-state index contributed by atoms with van der Waals surface area (Å²) in [6.07, 6.45) is 4.13. The van der Waals surface area contributed by atoms with Gasteiger partial charge in [-0.15, -0.1) is 0 Å². The Morgan fingerprint density at radius 2 is 2.25 bits per heavy atom. The first-order chi connectivity index (χ1) is 13.4. The summed E-state index contributed by atoms with van der Waals surface area (Å²) < 4.78 is 5.91. The number of rotatable bonds is 3. The normalized spacial score (nSPS) is 20.4. The lowest BCUT2D eigenvalue weighted by Crippen LogP contribution is -2.44. The third kappa shape index (κ3) is 4.03. The van der Waals surface area contributed by atoms with Crippen molar-refractivity contribution in [3.8, 4) is 5.75 Å². The Kier molecular flexibility index (Phi) is 4.83. The molecule has 2 aliphatic rings. The van der Waals surface area contributed by atoms with Crippen molar-refractivity contribution in [2.75, 3.05) is 13.1 Å². The largest absolute Gasteiger partial charge is 0.487 e. The second kappa shape index (κ2) is 7.30. The number of ether oxygens (including phenoxy) is 1. The standard InChI is InChI=1S/C21H26N4O3/c1-21(2)10-16-8-14(5-6-18(16)28-21)11-22-20(27)25-7-3-4-15(12-25)17-9-19(26)24-13-23-17/h5-6,8-9,13,15H,3-4,7,10-12H2,1-2H3,(H,22,27)(H,23,24,26)/t15-/m1/s1. The average molecular weight is 382 g/mol. The number of hydrogen-bond donors (Lipinski definition) is 2. The number of aromatic amines is 1. The van der Waals surface area contributed by atoms with Gasteiger partial charge in [-0.05, 0) is 43.9 Å². The van der Waals surface area contributed by atoms with Crippen molar-refractivity contribution in [2.45, 2.75) is 51.2 Å². The molecular formula is C21H26N4O3. The van der Waals surface area contributed by atoms with Crippen molar-refractivity contribution in [1.29, 1.82) is 0 Å². The molecule has 0 radical (unpaired) electrons. The van der Waals surface area contributed by atoms with Gasteiger partial charge in [0.15, 0.2) is 0 Å². The zero-order chi connectivity index (χ0) is 19.7. The second-order valence-corrected chi connectivity index (χ2v) is 8.26. The van der Waals surface area contributed by atoms with Crippen molar-refractivity contribution < 1.29 is 9.53 Å². The second-order valence-electron chi connectivity index (χ2n) is 8.26. The first-order valence-corrected chi connectivity index (χ1v) is 9.78. The van der Waals surface area contributed by atoms with Gasteiger partial charge < -0.3 is 19.9 Å². The SMILES string of the molecule is CC1(C)Cc2cc(CNC(=O)N3CCC[C@@H](c4cc(=O)[nH]cn4)C3)ccc2O1. The van der Waals surface area contributed by atoms with Crippen molar-refractivity contribution in [3.63, 3.8) is 0 Å². The number of H-pyrrole nitrogens is 1. The van der Waals surface area contributed by atoms with E-state index in [9.17, 15) is 9.59 Å². The van der Waals surface area contributed by atoms with Gasteiger partial charge in [0.1, 0.15) is 11.4 Å². The van der Waals surface area contributed by atoms with Gasteiger partial charge in [0.2, 0.25) is 0 Å². The maximum Gasteiger partial charge on any atom is 0.317 e. The van der Waals surface area contributed by atoms with E-state index in [-0.39, 0.29) is 23.1 Å². The molecule has 1 atom stereocenters. The highest BCUT2D eigenvalue weighted by atomic mass is 16.5. The predicted octanol–water partition coefficient (Wildman–Crippen LogP) is 2.57. The van der Waals surface area contributed by atoms with E-state index in [0.717, 1.165) is 42.8 Å². The molecule has 28 heavy (non-hydrogen) atoms. The van der Waals surface area contributed by atoms with Crippen molar-refractivity contribution in [3.05, 3.63) is 57.8 Å². The monoisotopic (exact) mass is 382 g/mol. The van der Waals surface area contributed by atoms with Gasteiger partial charge in [0.05, 0.1) is 12.0 Å². The molecule has 1 fully saturated rings. The number of aromatic nitrogens is 2. The molecule has 7 heteroatoms. The van der Waals surface area contributed by atoms with Crippen LogP contribution in [0.25, 0.3) is 0 Å². The molecule has 2 aromatic rings. The minimum Gasteiger partial charge on any atom is -0.487 e. The highest BCUT2D eigenvalue weighted by Gasteiger charge is 2.30. The lowest BCUT2D eigenvalue weighted by atomic mass is 9.95. The molecule has 3 heterocycles. The van der Waals surface area contributed by atoms with Crippen LogP contribution in [-0.4, -0.2) is 39.6 Å². The van der Waals surface area contributed by atoms with Gasteiger partial charge in [-0.25, -0.2) is 9.78 Å². The fraction of sp³-hybridized carbons (Fsp3) is 0.476. The van der Waals surface area contributed by atoms with Gasteiger partial charge in [-0.3, -0.25) is 4.79 Å². The number of hydrogen-bond acceptors (Lipinski definition) is 4. The molecule has 2 N–H and O–H groups in total. The van der Waals surface area contributed by atoms with Gasteiger partial charge in [-0.1, -0.05) is 12.1 Å². The summed E-state index contributed by atoms with van der Waals surface area (Å²) in [6, 6.07) is 7.55. The molecule has 148 valence electrons. The summed E-state index contributed by atoms with van der Waals surface area (Å²) >= 11 is 0. The molecule has 0 spiro atoms. The number of amides is 2. The number of urea groups is 1. The Balaban J connectivity index is 1.36. The summed E-state index contributed by atoms with van der Waals surface area (Å²) in [5, 5.41) is 3.02. The van der Waals surface area contributed by atoms with Crippen LogP contribution in [0, 0.1) is 0 Å². The molecule has 1 aromatic heterocycles. The number of benzene rings is 1. The smallest absolute Gasteiger partial charge is 0.317 e. The molecule has 7 nitrogen and oxygen atoms in total. The van der Waals surface area contributed by atoms with Crippen LogP contribution in [0.1, 0.15) is 49.4 Å². The summed E-state index contributed by atoms with van der Waals surface area (Å²) in [4.78, 5) is 32.8. The molecule has 2 amide bonds. The Morgan fingerprint density at radius 3 is 3.07 bits per heavy atom. The minimum atomic E-state index is -0.166. The van der Waals surface area contributed by atoms with E-state index >= 15 is 0 Å². The van der Waals surface area contributed by atoms with Crippen LogP contribution >= 0.6 is 0 Å². The molecule has 0 unspecified atom stereocenters. The van der Waals surface area contributed by atoms with Crippen LogP contribution in [0.2, 0.25) is 0 Å². The van der Waals surface area contributed by atoms with Crippen LogP contribution in [0.3, 0.4) is 0 Å². The first-order valence-electron chi connectivity index (χ1n) is 9.78. The van der Waals surface area contributed by atoms with E-state index < -0.39 is 0 Å². The quantitative estimate of drug-likeness (QED) is 0.854. The number of fused-ring (bicyclic) bond motifs is 1. The van der Waals surface area contributed by atoms with Gasteiger partial charge in [-0.2, -0.15) is 0 Å². The maximum absolute atomic E-state index is 12.7. The molecular weight excluding hydrogens is 356 g/mol. The number of carbonyl (C=O) groups is 1. The molecule has 1 aromatic carbocycles. The summed E-state index contributed by atoms with van der Waals surface area (Å²) in [5.41, 5.74) is 2.69. The average Bonchev–Trinajstić information content (AvgIpc) is 2.99. The summed E-state index contributed by atoms with van der Waals surface area (Å²) in [5.74, 6) is 1.03. The van der Waals surface area contributed by atoms with Gasteiger partial charge in [0.25, 0.3) is 5.56 Å². The molecule has 0 aliphatic carbocycles. The van der Waals surface area contributed by atoms with Crippen LogP contribution in [0.5, 0.6) is 5.75 Å². The van der Waals surface area contributed by atoms with E-state index in [0.29, 0.717) is 13.1 Å². The molecule has 1 saturated heterocycles. The van der Waals surface area contributed by atoms with Crippen LogP contribution < -0.4 is 15.6 Å². The van der Waals surface area contributed by atoms with Crippen molar-refractivity contribution in [2.24, 2.45) is 0 Å². The van der Waals surface area contributed by atoms with E-state index in [1.54, 1.807) is 0 Å². The Morgan fingerprint density at radius 1 is 1.39 bits per heavy atom. The Labute approximate surface area is 164 Å². The van der Waals surface area contributed by atoms with Crippen LogP contribution in [-0.2, 0) is 13.0 Å². The molecule has 4 rings (SSSR count). The fourth-order valence-electron chi connectivity index (χ4n) is 4.07. The summed E-state index contributed by atoms with van der Waals surface area (Å²) in [7, 11) is 0. The van der Waals surface area contributed by atoms with E-state index in [1.165, 1.54) is 18.0 Å². The minimum absolute atomic E-state index is 0.0772. The predicted molar refractivity (Wildman–Crippen MR) is 105 cm³/mol. The highest BCUT2D eigenvalue weighted by molar-refractivity contribution is 5.74. The third-order valence-corrected chi connectivity index (χ3v) is 5.40. The lowest BCUT2D eigenvalue weighted by molar-refractivity contribution is 0.138. The highest BCUT2D eigenvalue weighted by Crippen LogP contribution is 2.35. The zero-order valence-corrected chi connectivity index (χ0v) is 16.3.